The van der Waals surface area contributed by atoms with Crippen LogP contribution in [-0.4, -0.2) is 31.2 Å². The van der Waals surface area contributed by atoms with Crippen molar-refractivity contribution in [2.45, 2.75) is 0 Å². The molecule has 1 fully saturated rings. The molecule has 0 radical (unpaired) electrons. The molecule has 5 heteroatoms. The first-order valence-corrected chi connectivity index (χ1v) is 5.23. The van der Waals surface area contributed by atoms with Gasteiger partial charge in [0.15, 0.2) is 0 Å². The van der Waals surface area contributed by atoms with E-state index in [2.05, 4.69) is 37.2 Å². The second-order valence-corrected chi connectivity index (χ2v) is 3.98. The van der Waals surface area contributed by atoms with Crippen LogP contribution in [0, 0.1) is 0 Å². The Morgan fingerprint density at radius 2 is 2.07 bits per heavy atom. The van der Waals surface area contributed by atoms with Crippen LogP contribution in [0.15, 0.2) is 22.8 Å². The summed E-state index contributed by atoms with van der Waals surface area (Å²) in [6.45, 7) is 4.19. The van der Waals surface area contributed by atoms with Gasteiger partial charge in [-0.1, -0.05) is 15.9 Å². The summed E-state index contributed by atoms with van der Waals surface area (Å²) in [5, 5.41) is 3.32. The third kappa shape index (κ3) is 2.83. The van der Waals surface area contributed by atoms with E-state index in [0.717, 1.165) is 36.5 Å². The van der Waals surface area contributed by atoms with Crippen molar-refractivity contribution in [2.24, 2.45) is 0 Å². The number of hydrogen-bond acceptors (Lipinski definition) is 3. The average Bonchev–Trinajstić information content (AvgIpc) is 2.19. The molecule has 2 rings (SSSR count). The number of hydrogen-bond donors (Lipinski definition) is 1. The Morgan fingerprint density at radius 3 is 2.71 bits per heavy atom. The van der Waals surface area contributed by atoms with Crippen LogP contribution in [0.1, 0.15) is 0 Å². The second kappa shape index (κ2) is 5.53. The first-order chi connectivity index (χ1) is 6.36. The number of rotatable bonds is 1. The molecule has 0 unspecified atom stereocenters. The molecule has 0 aromatic carbocycles. The standard InChI is InChI=1S/C9H12BrN3.ClH/c10-8-1-2-12-9(7-8)13-5-3-11-4-6-13;/h1-2,7,11H,3-6H2;1H. The molecule has 0 atom stereocenters. The quantitative estimate of drug-likeness (QED) is 0.847. The topological polar surface area (TPSA) is 28.2 Å². The summed E-state index contributed by atoms with van der Waals surface area (Å²) >= 11 is 3.45. The number of nitrogens with zero attached hydrogens (tertiary/aromatic N) is 2. The Morgan fingerprint density at radius 1 is 1.36 bits per heavy atom. The summed E-state index contributed by atoms with van der Waals surface area (Å²) in [7, 11) is 0. The first kappa shape index (κ1) is 11.8. The van der Waals surface area contributed by atoms with Crippen LogP contribution in [0.25, 0.3) is 0 Å². The van der Waals surface area contributed by atoms with E-state index in [1.54, 1.807) is 0 Å². The van der Waals surface area contributed by atoms with Crippen molar-refractivity contribution < 1.29 is 0 Å². The number of halogens is 2. The number of pyridine rings is 1. The summed E-state index contributed by atoms with van der Waals surface area (Å²) in [6.07, 6.45) is 1.83. The largest absolute Gasteiger partial charge is 0.354 e. The third-order valence-corrected chi connectivity index (χ3v) is 2.64. The molecule has 1 aromatic rings. The predicted octanol–water partition coefficient (Wildman–Crippen LogP) is 1.68. The van der Waals surface area contributed by atoms with Gasteiger partial charge in [0, 0.05) is 36.8 Å². The molecule has 1 aromatic heterocycles. The fourth-order valence-electron chi connectivity index (χ4n) is 1.46. The summed E-state index contributed by atoms with van der Waals surface area (Å²) in [5.74, 6) is 1.07. The molecule has 78 valence electrons. The van der Waals surface area contributed by atoms with E-state index < -0.39 is 0 Å². The SMILES string of the molecule is Brc1ccnc(N2CCNCC2)c1.Cl. The summed E-state index contributed by atoms with van der Waals surface area (Å²) in [5.41, 5.74) is 0. The van der Waals surface area contributed by atoms with Crippen LogP contribution in [0.5, 0.6) is 0 Å². The minimum atomic E-state index is 0. The van der Waals surface area contributed by atoms with Gasteiger partial charge in [-0.15, -0.1) is 12.4 Å². The Hall–Kier alpha value is -0.320. The van der Waals surface area contributed by atoms with Gasteiger partial charge in [0.2, 0.25) is 0 Å². The number of piperazine rings is 1. The average molecular weight is 279 g/mol. The number of nitrogens with one attached hydrogen (secondary N) is 1. The molecule has 0 saturated carbocycles. The van der Waals surface area contributed by atoms with E-state index in [9.17, 15) is 0 Å². The summed E-state index contributed by atoms with van der Waals surface area (Å²) in [6, 6.07) is 4.01. The van der Waals surface area contributed by atoms with E-state index in [4.69, 9.17) is 0 Å². The van der Waals surface area contributed by atoms with Crippen LogP contribution in [0.3, 0.4) is 0 Å². The minimum Gasteiger partial charge on any atom is -0.354 e. The van der Waals surface area contributed by atoms with Crippen LogP contribution in [0.2, 0.25) is 0 Å². The lowest BCUT2D eigenvalue weighted by atomic mass is 10.3. The van der Waals surface area contributed by atoms with Crippen molar-refractivity contribution in [2.75, 3.05) is 31.1 Å². The first-order valence-electron chi connectivity index (χ1n) is 4.43. The van der Waals surface area contributed by atoms with Crippen molar-refractivity contribution in [3.8, 4) is 0 Å². The molecule has 2 heterocycles. The zero-order valence-corrected chi connectivity index (χ0v) is 10.1. The van der Waals surface area contributed by atoms with E-state index >= 15 is 0 Å². The molecule has 1 aliphatic heterocycles. The lowest BCUT2D eigenvalue weighted by Crippen LogP contribution is -2.43. The normalized spacial score (nSPS) is 16.2. The fraction of sp³-hybridized carbons (Fsp3) is 0.444. The lowest BCUT2D eigenvalue weighted by molar-refractivity contribution is 0.585. The highest BCUT2D eigenvalue weighted by Gasteiger charge is 2.10. The van der Waals surface area contributed by atoms with E-state index in [1.165, 1.54) is 0 Å². The molecule has 1 N–H and O–H groups in total. The number of anilines is 1. The maximum absolute atomic E-state index is 4.33. The van der Waals surface area contributed by atoms with Gasteiger partial charge in [0.05, 0.1) is 0 Å². The minimum absolute atomic E-state index is 0. The van der Waals surface area contributed by atoms with Gasteiger partial charge in [0.25, 0.3) is 0 Å². The highest BCUT2D eigenvalue weighted by atomic mass is 79.9. The Labute approximate surface area is 98.4 Å². The molecule has 0 aliphatic carbocycles. The fourth-order valence-corrected chi connectivity index (χ4v) is 1.78. The molecule has 0 bridgehead atoms. The second-order valence-electron chi connectivity index (χ2n) is 3.07. The molecular weight excluding hydrogens is 265 g/mol. The molecule has 0 spiro atoms. The summed E-state index contributed by atoms with van der Waals surface area (Å²) < 4.78 is 1.09. The molecule has 1 aliphatic rings. The van der Waals surface area contributed by atoms with Gasteiger partial charge in [-0.2, -0.15) is 0 Å². The van der Waals surface area contributed by atoms with Crippen molar-refractivity contribution in [3.63, 3.8) is 0 Å². The highest BCUT2D eigenvalue weighted by Crippen LogP contribution is 2.16. The molecule has 1 saturated heterocycles. The predicted molar refractivity (Wildman–Crippen MR) is 64.3 cm³/mol. The van der Waals surface area contributed by atoms with Gasteiger partial charge in [-0.25, -0.2) is 4.98 Å². The van der Waals surface area contributed by atoms with Crippen LogP contribution >= 0.6 is 28.3 Å². The van der Waals surface area contributed by atoms with Crippen LogP contribution in [-0.2, 0) is 0 Å². The Kier molecular flexibility index (Phi) is 4.65. The van der Waals surface area contributed by atoms with Gasteiger partial charge in [-0.3, -0.25) is 0 Å². The highest BCUT2D eigenvalue weighted by molar-refractivity contribution is 9.10. The summed E-state index contributed by atoms with van der Waals surface area (Å²) in [4.78, 5) is 6.62. The van der Waals surface area contributed by atoms with Gasteiger partial charge < -0.3 is 10.2 Å². The van der Waals surface area contributed by atoms with Crippen molar-refractivity contribution in [1.29, 1.82) is 0 Å². The smallest absolute Gasteiger partial charge is 0.129 e. The zero-order valence-electron chi connectivity index (χ0n) is 7.74. The number of aromatic nitrogens is 1. The lowest BCUT2D eigenvalue weighted by Gasteiger charge is -2.28. The van der Waals surface area contributed by atoms with E-state index in [-0.39, 0.29) is 12.4 Å². The monoisotopic (exact) mass is 277 g/mol. The zero-order chi connectivity index (χ0) is 9.10. The Balaban J connectivity index is 0.000000980. The maximum Gasteiger partial charge on any atom is 0.129 e. The molecule has 0 amide bonds. The van der Waals surface area contributed by atoms with Crippen molar-refractivity contribution in [3.05, 3.63) is 22.8 Å². The van der Waals surface area contributed by atoms with Crippen molar-refractivity contribution >= 4 is 34.2 Å². The van der Waals surface area contributed by atoms with Gasteiger partial charge >= 0.3 is 0 Å². The molecule has 3 nitrogen and oxygen atoms in total. The molecule has 14 heavy (non-hydrogen) atoms. The molecular formula is C9H13BrClN3. The van der Waals surface area contributed by atoms with Crippen LogP contribution in [0.4, 0.5) is 5.82 Å². The van der Waals surface area contributed by atoms with E-state index in [1.807, 2.05) is 12.3 Å². The van der Waals surface area contributed by atoms with Crippen molar-refractivity contribution in [1.82, 2.24) is 10.3 Å². The van der Waals surface area contributed by atoms with E-state index in [0.29, 0.717) is 0 Å². The third-order valence-electron chi connectivity index (χ3n) is 2.15. The Bertz CT molecular complexity index is 289. The van der Waals surface area contributed by atoms with Gasteiger partial charge in [0.1, 0.15) is 5.82 Å². The van der Waals surface area contributed by atoms with Crippen LogP contribution < -0.4 is 10.2 Å². The maximum atomic E-state index is 4.33. The van der Waals surface area contributed by atoms with Gasteiger partial charge in [-0.05, 0) is 12.1 Å².